The first-order chi connectivity index (χ1) is 7.35. The highest BCUT2D eigenvalue weighted by molar-refractivity contribution is 6.59. The molecule has 1 heterocycles. The highest BCUT2D eigenvalue weighted by Gasteiger charge is 2.68. The predicted octanol–water partition coefficient (Wildman–Crippen LogP) is 2.88. The Hall–Kier alpha value is 0.275. The molecular formula is C12H20BClO2. The lowest BCUT2D eigenvalue weighted by Gasteiger charge is -2.64. The molecule has 3 saturated carbocycles. The van der Waals surface area contributed by atoms with Gasteiger partial charge >= 0.3 is 7.12 Å². The summed E-state index contributed by atoms with van der Waals surface area (Å²) in [5.74, 6) is 1.44. The van der Waals surface area contributed by atoms with Crippen LogP contribution in [0.25, 0.3) is 0 Å². The topological polar surface area (TPSA) is 18.5 Å². The van der Waals surface area contributed by atoms with E-state index in [1.54, 1.807) is 0 Å². The van der Waals surface area contributed by atoms with Gasteiger partial charge in [0.15, 0.2) is 0 Å². The SMILES string of the molecule is C[C@H](Cl)B1O[C@H]2C[C@H]3C[C@H](C3(C)C)[C@@]2(C)O1. The van der Waals surface area contributed by atoms with Crippen LogP contribution in [0.5, 0.6) is 0 Å². The maximum Gasteiger partial charge on any atom is 0.476 e. The maximum absolute atomic E-state index is 6.15. The van der Waals surface area contributed by atoms with Gasteiger partial charge in [-0.25, -0.2) is 0 Å². The summed E-state index contributed by atoms with van der Waals surface area (Å²) in [5.41, 5.74) is 0.311. The van der Waals surface area contributed by atoms with E-state index in [4.69, 9.17) is 20.9 Å². The Bertz CT molecular complexity index is 320. The van der Waals surface area contributed by atoms with Gasteiger partial charge in [-0.1, -0.05) is 20.8 Å². The second-order valence-electron chi connectivity index (χ2n) is 6.51. The maximum atomic E-state index is 6.15. The molecule has 1 saturated heterocycles. The second-order valence-corrected chi connectivity index (χ2v) is 7.20. The molecule has 0 aromatic carbocycles. The van der Waals surface area contributed by atoms with Crippen molar-refractivity contribution >= 4 is 18.7 Å². The number of halogens is 1. The predicted molar refractivity (Wildman–Crippen MR) is 65.4 cm³/mol. The Kier molecular flexibility index (Phi) is 2.26. The zero-order chi connectivity index (χ0) is 11.7. The van der Waals surface area contributed by atoms with Crippen molar-refractivity contribution in [2.24, 2.45) is 17.3 Å². The van der Waals surface area contributed by atoms with Crippen LogP contribution in [0, 0.1) is 17.3 Å². The third kappa shape index (κ3) is 1.23. The molecule has 90 valence electrons. The molecule has 5 atom stereocenters. The molecule has 1 aliphatic heterocycles. The van der Waals surface area contributed by atoms with Crippen LogP contribution in [0.1, 0.15) is 40.5 Å². The fourth-order valence-electron chi connectivity index (χ4n) is 4.10. The molecule has 4 rings (SSSR count). The minimum atomic E-state index is -0.216. The van der Waals surface area contributed by atoms with Crippen LogP contribution in [-0.4, -0.2) is 24.1 Å². The van der Waals surface area contributed by atoms with E-state index in [1.807, 2.05) is 6.92 Å². The van der Waals surface area contributed by atoms with Gasteiger partial charge in [0, 0.05) is 0 Å². The Morgan fingerprint density at radius 3 is 2.56 bits per heavy atom. The van der Waals surface area contributed by atoms with Crippen LogP contribution in [0.2, 0.25) is 0 Å². The van der Waals surface area contributed by atoms with E-state index in [2.05, 4.69) is 20.8 Å². The minimum absolute atomic E-state index is 0.0669. The van der Waals surface area contributed by atoms with Crippen LogP contribution in [0.3, 0.4) is 0 Å². The first-order valence-electron chi connectivity index (χ1n) is 6.33. The molecule has 0 aromatic rings. The molecule has 2 bridgehead atoms. The summed E-state index contributed by atoms with van der Waals surface area (Å²) >= 11 is 6.09. The molecule has 4 fully saturated rings. The molecule has 0 spiro atoms. The van der Waals surface area contributed by atoms with E-state index in [1.165, 1.54) is 6.42 Å². The van der Waals surface area contributed by atoms with Crippen LogP contribution < -0.4 is 0 Å². The molecule has 0 aromatic heterocycles. The zero-order valence-electron chi connectivity index (χ0n) is 10.5. The molecular weight excluding hydrogens is 222 g/mol. The van der Waals surface area contributed by atoms with E-state index in [-0.39, 0.29) is 24.1 Å². The van der Waals surface area contributed by atoms with Gasteiger partial charge in [0.25, 0.3) is 0 Å². The van der Waals surface area contributed by atoms with E-state index < -0.39 is 0 Å². The van der Waals surface area contributed by atoms with Crippen molar-refractivity contribution in [2.75, 3.05) is 0 Å². The van der Waals surface area contributed by atoms with Gasteiger partial charge in [0.1, 0.15) is 0 Å². The highest BCUT2D eigenvalue weighted by Crippen LogP contribution is 2.65. The van der Waals surface area contributed by atoms with Gasteiger partial charge in [-0.3, -0.25) is 0 Å². The van der Waals surface area contributed by atoms with Crippen molar-refractivity contribution in [1.29, 1.82) is 0 Å². The van der Waals surface area contributed by atoms with Gasteiger partial charge in [-0.2, -0.15) is 0 Å². The molecule has 4 heteroatoms. The van der Waals surface area contributed by atoms with Crippen LogP contribution >= 0.6 is 11.6 Å². The Labute approximate surface area is 103 Å². The molecule has 0 unspecified atom stereocenters. The Morgan fingerprint density at radius 1 is 1.31 bits per heavy atom. The lowest BCUT2D eigenvalue weighted by Crippen LogP contribution is -2.65. The fourth-order valence-corrected chi connectivity index (χ4v) is 4.21. The number of hydrogen-bond acceptors (Lipinski definition) is 2. The fraction of sp³-hybridized carbons (Fsp3) is 1.00. The molecule has 3 aliphatic carbocycles. The van der Waals surface area contributed by atoms with Crippen molar-refractivity contribution < 1.29 is 9.31 Å². The van der Waals surface area contributed by atoms with E-state index >= 15 is 0 Å². The van der Waals surface area contributed by atoms with Crippen molar-refractivity contribution in [3.63, 3.8) is 0 Å². The van der Waals surface area contributed by atoms with Gasteiger partial charge in [-0.15, -0.1) is 11.6 Å². The van der Waals surface area contributed by atoms with Crippen molar-refractivity contribution in [1.82, 2.24) is 0 Å². The van der Waals surface area contributed by atoms with Gasteiger partial charge in [0.05, 0.1) is 17.0 Å². The standard InChI is InChI=1S/C12H20BClO2/c1-7(14)13-15-10-6-8-5-9(11(8,2)3)12(10,4)16-13/h7-10H,5-6H2,1-4H3/t7-,8+,9+,10-,12+/m0/s1. The lowest BCUT2D eigenvalue weighted by molar-refractivity contribution is -0.199. The third-order valence-electron chi connectivity index (χ3n) is 5.34. The summed E-state index contributed by atoms with van der Waals surface area (Å²) in [5, 5.41) is -0.0669. The van der Waals surface area contributed by atoms with Crippen LogP contribution in [-0.2, 0) is 9.31 Å². The Morgan fingerprint density at radius 2 is 2.00 bits per heavy atom. The number of alkyl halides is 1. The quantitative estimate of drug-likeness (QED) is 0.520. The molecule has 0 radical (unpaired) electrons. The zero-order valence-corrected chi connectivity index (χ0v) is 11.3. The van der Waals surface area contributed by atoms with Gasteiger partial charge in [-0.05, 0) is 37.0 Å². The van der Waals surface area contributed by atoms with E-state index in [9.17, 15) is 0 Å². The van der Waals surface area contributed by atoms with Crippen molar-refractivity contribution in [3.8, 4) is 0 Å². The highest BCUT2D eigenvalue weighted by atomic mass is 35.5. The summed E-state index contributed by atoms with van der Waals surface area (Å²) in [4.78, 5) is 0. The summed E-state index contributed by atoms with van der Waals surface area (Å²) in [7, 11) is -0.216. The summed E-state index contributed by atoms with van der Waals surface area (Å²) in [6.45, 7) is 8.91. The van der Waals surface area contributed by atoms with Crippen molar-refractivity contribution in [3.05, 3.63) is 0 Å². The third-order valence-corrected chi connectivity index (χ3v) is 5.55. The monoisotopic (exact) mass is 242 g/mol. The van der Waals surface area contributed by atoms with E-state index in [0.29, 0.717) is 11.3 Å². The van der Waals surface area contributed by atoms with Crippen LogP contribution in [0.15, 0.2) is 0 Å². The smallest absolute Gasteiger partial charge is 0.404 e. The molecule has 16 heavy (non-hydrogen) atoms. The summed E-state index contributed by atoms with van der Waals surface area (Å²) in [6, 6.07) is 0. The molecule has 0 N–H and O–H groups in total. The normalized spacial score (nSPS) is 50.8. The van der Waals surface area contributed by atoms with Crippen molar-refractivity contribution in [2.45, 2.75) is 57.5 Å². The Balaban J connectivity index is 1.87. The largest absolute Gasteiger partial charge is 0.476 e. The average molecular weight is 243 g/mol. The first kappa shape index (κ1) is 11.4. The summed E-state index contributed by atoms with van der Waals surface area (Å²) < 4.78 is 12.1. The van der Waals surface area contributed by atoms with E-state index in [0.717, 1.165) is 12.3 Å². The minimum Gasteiger partial charge on any atom is -0.404 e. The molecule has 0 amide bonds. The van der Waals surface area contributed by atoms with Crippen LogP contribution in [0.4, 0.5) is 0 Å². The number of rotatable bonds is 1. The number of hydrogen-bond donors (Lipinski definition) is 0. The van der Waals surface area contributed by atoms with Gasteiger partial charge in [0.2, 0.25) is 0 Å². The molecule has 4 aliphatic rings. The van der Waals surface area contributed by atoms with Gasteiger partial charge < -0.3 is 9.31 Å². The average Bonchev–Trinajstić information content (AvgIpc) is 2.54. The second kappa shape index (κ2) is 3.18. The molecule has 2 nitrogen and oxygen atoms in total. The first-order valence-corrected chi connectivity index (χ1v) is 6.76. The summed E-state index contributed by atoms with van der Waals surface area (Å²) in [6.07, 6.45) is 2.70. The lowest BCUT2D eigenvalue weighted by atomic mass is 9.43.